The van der Waals surface area contributed by atoms with E-state index in [0.717, 1.165) is 35.1 Å². The van der Waals surface area contributed by atoms with Crippen LogP contribution in [0.3, 0.4) is 0 Å². The Labute approximate surface area is 112 Å². The molecule has 0 atom stereocenters. The van der Waals surface area contributed by atoms with E-state index in [1.54, 1.807) is 11.3 Å². The summed E-state index contributed by atoms with van der Waals surface area (Å²) in [6.45, 7) is 6.35. The molecule has 2 aromatic heterocycles. The summed E-state index contributed by atoms with van der Waals surface area (Å²) in [6.07, 6.45) is 2.02. The zero-order valence-electron chi connectivity index (χ0n) is 11.4. The fourth-order valence-electron chi connectivity index (χ4n) is 2.02. The number of aromatic nitrogens is 2. The number of anilines is 1. The normalized spacial score (nSPS) is 10.7. The summed E-state index contributed by atoms with van der Waals surface area (Å²) in [6, 6.07) is 4.27. The van der Waals surface area contributed by atoms with Gasteiger partial charge in [0.2, 0.25) is 0 Å². The summed E-state index contributed by atoms with van der Waals surface area (Å²) < 4.78 is 0. The van der Waals surface area contributed by atoms with Gasteiger partial charge in [-0.25, -0.2) is 9.97 Å². The molecule has 0 unspecified atom stereocenters. The standard InChI is InChI=1S/C14H19N3S/c1-5-10-7-8-12(18-10)14-16-9(3)11(6-2)13(15-4)17-14/h7-8H,5-6H2,1-4H3,(H,15,16,17). The van der Waals surface area contributed by atoms with Crippen LogP contribution in [0.4, 0.5) is 5.82 Å². The van der Waals surface area contributed by atoms with E-state index in [1.807, 2.05) is 7.05 Å². The summed E-state index contributed by atoms with van der Waals surface area (Å²) >= 11 is 1.77. The van der Waals surface area contributed by atoms with E-state index >= 15 is 0 Å². The van der Waals surface area contributed by atoms with E-state index in [-0.39, 0.29) is 0 Å². The highest BCUT2D eigenvalue weighted by molar-refractivity contribution is 7.15. The van der Waals surface area contributed by atoms with Gasteiger partial charge in [0.05, 0.1) is 4.88 Å². The van der Waals surface area contributed by atoms with Crippen molar-refractivity contribution in [3.05, 3.63) is 28.3 Å². The van der Waals surface area contributed by atoms with Crippen LogP contribution in [-0.2, 0) is 12.8 Å². The van der Waals surface area contributed by atoms with Gasteiger partial charge in [0.15, 0.2) is 5.82 Å². The van der Waals surface area contributed by atoms with E-state index in [0.29, 0.717) is 0 Å². The Kier molecular flexibility index (Phi) is 3.97. The number of hydrogen-bond acceptors (Lipinski definition) is 4. The topological polar surface area (TPSA) is 37.8 Å². The van der Waals surface area contributed by atoms with Crippen molar-refractivity contribution in [2.45, 2.75) is 33.6 Å². The SMILES string of the molecule is CCc1ccc(-c2nc(C)c(CC)c(NC)n2)s1. The highest BCUT2D eigenvalue weighted by Gasteiger charge is 2.11. The lowest BCUT2D eigenvalue weighted by Gasteiger charge is -2.10. The molecule has 2 heterocycles. The maximum Gasteiger partial charge on any atom is 0.171 e. The molecule has 0 aliphatic carbocycles. The van der Waals surface area contributed by atoms with E-state index in [1.165, 1.54) is 10.4 Å². The molecule has 0 radical (unpaired) electrons. The predicted molar refractivity (Wildman–Crippen MR) is 78.4 cm³/mol. The maximum absolute atomic E-state index is 4.63. The third-order valence-corrected chi connectivity index (χ3v) is 4.26. The fraction of sp³-hybridized carbons (Fsp3) is 0.429. The first kappa shape index (κ1) is 13.0. The van der Waals surface area contributed by atoms with Crippen molar-refractivity contribution in [1.82, 2.24) is 9.97 Å². The van der Waals surface area contributed by atoms with Gasteiger partial charge in [0.25, 0.3) is 0 Å². The molecule has 0 bridgehead atoms. The van der Waals surface area contributed by atoms with Gasteiger partial charge in [-0.3, -0.25) is 0 Å². The van der Waals surface area contributed by atoms with Crippen LogP contribution in [0.25, 0.3) is 10.7 Å². The lowest BCUT2D eigenvalue weighted by Crippen LogP contribution is -2.04. The molecule has 4 heteroatoms. The molecule has 0 saturated heterocycles. The molecular formula is C14H19N3S. The summed E-state index contributed by atoms with van der Waals surface area (Å²) in [5.41, 5.74) is 2.27. The zero-order valence-corrected chi connectivity index (χ0v) is 12.2. The van der Waals surface area contributed by atoms with Gasteiger partial charge in [-0.2, -0.15) is 0 Å². The van der Waals surface area contributed by atoms with Crippen molar-refractivity contribution in [3.63, 3.8) is 0 Å². The molecule has 0 amide bonds. The number of nitrogens with zero attached hydrogens (tertiary/aromatic N) is 2. The molecule has 0 aliphatic rings. The molecule has 0 spiro atoms. The minimum absolute atomic E-state index is 0.832. The van der Waals surface area contributed by atoms with Crippen LogP contribution in [0.15, 0.2) is 12.1 Å². The minimum Gasteiger partial charge on any atom is -0.373 e. The monoisotopic (exact) mass is 261 g/mol. The number of rotatable bonds is 4. The predicted octanol–water partition coefficient (Wildman–Crippen LogP) is 3.68. The second kappa shape index (κ2) is 5.48. The van der Waals surface area contributed by atoms with Crippen molar-refractivity contribution < 1.29 is 0 Å². The first-order valence-electron chi connectivity index (χ1n) is 6.33. The molecule has 0 aliphatic heterocycles. The van der Waals surface area contributed by atoms with Crippen LogP contribution in [-0.4, -0.2) is 17.0 Å². The molecule has 0 fully saturated rings. The molecule has 0 saturated carbocycles. The van der Waals surface area contributed by atoms with Gasteiger partial charge >= 0.3 is 0 Å². The summed E-state index contributed by atoms with van der Waals surface area (Å²) in [7, 11) is 1.91. The van der Waals surface area contributed by atoms with Crippen LogP contribution >= 0.6 is 11.3 Å². The molecule has 96 valence electrons. The summed E-state index contributed by atoms with van der Waals surface area (Å²) in [4.78, 5) is 11.8. The van der Waals surface area contributed by atoms with E-state index in [4.69, 9.17) is 0 Å². The average Bonchev–Trinajstić information content (AvgIpc) is 2.86. The summed E-state index contributed by atoms with van der Waals surface area (Å²) in [5, 5.41) is 3.17. The number of hydrogen-bond donors (Lipinski definition) is 1. The van der Waals surface area contributed by atoms with Crippen molar-refractivity contribution in [3.8, 4) is 10.7 Å². The lowest BCUT2D eigenvalue weighted by atomic mass is 10.1. The molecular weight excluding hydrogens is 242 g/mol. The number of nitrogens with one attached hydrogen (secondary N) is 1. The third-order valence-electron chi connectivity index (χ3n) is 3.03. The number of aryl methyl sites for hydroxylation is 2. The Morgan fingerprint density at radius 3 is 2.50 bits per heavy atom. The number of thiophene rings is 1. The minimum atomic E-state index is 0.832. The lowest BCUT2D eigenvalue weighted by molar-refractivity contribution is 1.00. The van der Waals surface area contributed by atoms with Crippen LogP contribution in [0, 0.1) is 6.92 Å². The second-order valence-corrected chi connectivity index (χ2v) is 5.35. The Morgan fingerprint density at radius 2 is 1.94 bits per heavy atom. The van der Waals surface area contributed by atoms with Gasteiger partial charge in [-0.1, -0.05) is 13.8 Å². The van der Waals surface area contributed by atoms with Gasteiger partial charge in [-0.15, -0.1) is 11.3 Å². The van der Waals surface area contributed by atoms with E-state index in [2.05, 4.69) is 48.2 Å². The molecule has 3 nitrogen and oxygen atoms in total. The van der Waals surface area contributed by atoms with Crippen molar-refractivity contribution in [1.29, 1.82) is 0 Å². The van der Waals surface area contributed by atoms with Crippen molar-refractivity contribution in [2.24, 2.45) is 0 Å². The van der Waals surface area contributed by atoms with Crippen LogP contribution in [0.2, 0.25) is 0 Å². The van der Waals surface area contributed by atoms with Crippen LogP contribution in [0.5, 0.6) is 0 Å². The molecule has 18 heavy (non-hydrogen) atoms. The van der Waals surface area contributed by atoms with E-state index < -0.39 is 0 Å². The second-order valence-electron chi connectivity index (χ2n) is 4.18. The quantitative estimate of drug-likeness (QED) is 0.912. The first-order chi connectivity index (χ1) is 8.69. The molecule has 2 aromatic rings. The Balaban J connectivity index is 2.48. The van der Waals surface area contributed by atoms with Crippen LogP contribution in [0.1, 0.15) is 30.0 Å². The Bertz CT molecular complexity index is 546. The first-order valence-corrected chi connectivity index (χ1v) is 7.15. The molecule has 0 aromatic carbocycles. The Hall–Kier alpha value is -1.42. The fourth-order valence-corrected chi connectivity index (χ4v) is 2.91. The highest BCUT2D eigenvalue weighted by Crippen LogP contribution is 2.28. The zero-order chi connectivity index (χ0) is 13.1. The molecule has 1 N–H and O–H groups in total. The average molecular weight is 261 g/mol. The molecule has 2 rings (SSSR count). The van der Waals surface area contributed by atoms with Gasteiger partial charge in [-0.05, 0) is 31.9 Å². The van der Waals surface area contributed by atoms with Crippen molar-refractivity contribution >= 4 is 17.2 Å². The van der Waals surface area contributed by atoms with E-state index in [9.17, 15) is 0 Å². The maximum atomic E-state index is 4.63. The summed E-state index contributed by atoms with van der Waals surface area (Å²) in [5.74, 6) is 1.78. The highest BCUT2D eigenvalue weighted by atomic mass is 32.1. The van der Waals surface area contributed by atoms with Gasteiger partial charge in [0.1, 0.15) is 5.82 Å². The van der Waals surface area contributed by atoms with Gasteiger partial charge < -0.3 is 5.32 Å². The smallest absolute Gasteiger partial charge is 0.171 e. The van der Waals surface area contributed by atoms with Crippen molar-refractivity contribution in [2.75, 3.05) is 12.4 Å². The van der Waals surface area contributed by atoms with Crippen LogP contribution < -0.4 is 5.32 Å². The Morgan fingerprint density at radius 1 is 1.17 bits per heavy atom. The van der Waals surface area contributed by atoms with Gasteiger partial charge in [0, 0.05) is 23.2 Å². The third kappa shape index (κ3) is 2.38. The largest absolute Gasteiger partial charge is 0.373 e.